The van der Waals surface area contributed by atoms with Gasteiger partial charge in [-0.25, -0.2) is 0 Å². The van der Waals surface area contributed by atoms with Crippen LogP contribution in [0.4, 0.5) is 0 Å². The van der Waals surface area contributed by atoms with Crippen LogP contribution in [0.25, 0.3) is 0 Å². The van der Waals surface area contributed by atoms with E-state index in [4.69, 9.17) is 9.16 Å². The molecule has 2 rings (SSSR count). The van der Waals surface area contributed by atoms with E-state index in [1.165, 1.54) is 5.19 Å². The minimum atomic E-state index is -2.31. The smallest absolute Gasteiger partial charge is 0.191 e. The number of hydrogen-bond donors (Lipinski definition) is 1. The molecule has 0 radical (unpaired) electrons. The minimum Gasteiger partial charge on any atom is -0.417 e. The molecule has 0 saturated carbocycles. The molecule has 1 N–H and O–H groups in total. The van der Waals surface area contributed by atoms with E-state index in [2.05, 4.69) is 70.9 Å². The fraction of sp³-hybridized carbons (Fsp3) is 0.500. The van der Waals surface area contributed by atoms with Gasteiger partial charge in [0.1, 0.15) is 19.9 Å². The van der Waals surface area contributed by atoms with E-state index in [0.717, 1.165) is 12.0 Å². The van der Waals surface area contributed by atoms with Crippen LogP contribution in [0.15, 0.2) is 60.7 Å². The topological polar surface area (TPSA) is 38.7 Å². The van der Waals surface area contributed by atoms with Crippen LogP contribution in [0.5, 0.6) is 0 Å². The molecule has 0 saturated heterocycles. The number of rotatable bonds is 10. The number of hydrogen-bond acceptors (Lipinski definition) is 3. The first-order chi connectivity index (χ1) is 15.4. The monoisotopic (exact) mass is 482 g/mol. The van der Waals surface area contributed by atoms with Gasteiger partial charge in [0.15, 0.2) is 8.32 Å². The molecule has 0 aliphatic heterocycles. The molecule has 33 heavy (non-hydrogen) atoms. The Morgan fingerprint density at radius 2 is 1.45 bits per heavy atom. The van der Waals surface area contributed by atoms with E-state index in [1.807, 2.05) is 48.5 Å². The highest BCUT2D eigenvalue weighted by molar-refractivity contribution is 6.92. The van der Waals surface area contributed by atoms with Crippen molar-refractivity contribution < 1.29 is 14.3 Å². The van der Waals surface area contributed by atoms with Crippen LogP contribution in [-0.4, -0.2) is 39.9 Å². The number of benzene rings is 2. The molecule has 5 heteroatoms. The normalized spacial score (nSPS) is 14.3. The second-order valence-electron chi connectivity index (χ2n) is 10.8. The lowest BCUT2D eigenvalue weighted by Gasteiger charge is -2.39. The van der Waals surface area contributed by atoms with Gasteiger partial charge in [0.05, 0.1) is 6.61 Å². The van der Waals surface area contributed by atoms with Gasteiger partial charge < -0.3 is 14.3 Å². The quantitative estimate of drug-likeness (QED) is 0.260. The van der Waals surface area contributed by atoms with Gasteiger partial charge in [0, 0.05) is 6.61 Å². The molecule has 0 aliphatic rings. The Bertz CT molecular complexity index is 909. The molecule has 2 aromatic carbocycles. The van der Waals surface area contributed by atoms with Crippen molar-refractivity contribution in [3.8, 4) is 11.8 Å². The fourth-order valence-electron chi connectivity index (χ4n) is 3.47. The predicted octanol–water partition coefficient (Wildman–Crippen LogP) is 5.89. The first kappa shape index (κ1) is 27.6. The molecule has 180 valence electrons. The van der Waals surface area contributed by atoms with E-state index in [9.17, 15) is 5.11 Å². The van der Waals surface area contributed by atoms with Crippen molar-refractivity contribution in [1.29, 1.82) is 0 Å². The molecule has 0 heterocycles. The van der Waals surface area contributed by atoms with Crippen LogP contribution in [0, 0.1) is 11.8 Å². The lowest BCUT2D eigenvalue weighted by Crippen LogP contribution is -2.61. The average Bonchev–Trinajstić information content (AvgIpc) is 2.77. The van der Waals surface area contributed by atoms with Crippen LogP contribution in [-0.2, 0) is 15.8 Å². The summed E-state index contributed by atoms with van der Waals surface area (Å²) < 4.78 is 12.1. The molecule has 0 spiro atoms. The highest BCUT2D eigenvalue weighted by Gasteiger charge is 2.45. The van der Waals surface area contributed by atoms with E-state index in [-0.39, 0.29) is 5.04 Å². The minimum absolute atomic E-state index is 0.178. The van der Waals surface area contributed by atoms with Crippen molar-refractivity contribution >= 4 is 21.6 Å². The van der Waals surface area contributed by atoms with Gasteiger partial charge in [0.25, 0.3) is 0 Å². The number of aliphatic hydroxyl groups is 1. The van der Waals surface area contributed by atoms with Crippen LogP contribution < -0.4 is 5.19 Å². The van der Waals surface area contributed by atoms with Crippen molar-refractivity contribution in [3.05, 3.63) is 66.2 Å². The largest absolute Gasteiger partial charge is 0.417 e. The Morgan fingerprint density at radius 3 is 2.03 bits per heavy atom. The molecule has 1 atom stereocenters. The van der Waals surface area contributed by atoms with Gasteiger partial charge in [-0.2, -0.15) is 0 Å². The molecular weight excluding hydrogens is 440 g/mol. The first-order valence-electron chi connectivity index (χ1n) is 11.9. The summed E-state index contributed by atoms with van der Waals surface area (Å²) in [5, 5.41) is 12.2. The lowest BCUT2D eigenvalue weighted by molar-refractivity contribution is 0.145. The molecule has 0 bridgehead atoms. The van der Waals surface area contributed by atoms with Crippen LogP contribution in [0.3, 0.4) is 0 Å². The van der Waals surface area contributed by atoms with Gasteiger partial charge in [-0.3, -0.25) is 0 Å². The van der Waals surface area contributed by atoms with Crippen molar-refractivity contribution in [2.24, 2.45) is 0 Å². The molecular formula is C28H42O3Si2. The van der Waals surface area contributed by atoms with E-state index < -0.39 is 21.6 Å². The van der Waals surface area contributed by atoms with E-state index >= 15 is 0 Å². The van der Waals surface area contributed by atoms with Gasteiger partial charge in [-0.05, 0) is 36.5 Å². The molecule has 0 aliphatic carbocycles. The summed E-state index contributed by atoms with van der Waals surface area (Å²) in [6.07, 6.45) is 1.38. The van der Waals surface area contributed by atoms with Gasteiger partial charge >= 0.3 is 0 Å². The fourth-order valence-corrected chi connectivity index (χ4v) is 7.27. The SMILES string of the molecule is CC(C)(C)[Si](C)(C)OCCCC(O)(C#CCOCc1ccccc1)[Si](C)(C)c1ccccc1. The second-order valence-corrected chi connectivity index (χ2v) is 20.3. The lowest BCUT2D eigenvalue weighted by atomic mass is 10.2. The summed E-state index contributed by atoms with van der Waals surface area (Å²) >= 11 is 0. The van der Waals surface area contributed by atoms with Crippen molar-refractivity contribution in [2.75, 3.05) is 13.2 Å². The summed E-state index contributed by atoms with van der Waals surface area (Å²) in [6.45, 7) is 17.2. The molecule has 0 fully saturated rings. The maximum atomic E-state index is 11.9. The zero-order valence-corrected chi connectivity index (χ0v) is 23.6. The molecule has 2 aromatic rings. The summed E-state index contributed by atoms with van der Waals surface area (Å²) in [7, 11) is -4.11. The third-order valence-corrected chi connectivity index (χ3v) is 15.8. The Kier molecular flexibility index (Phi) is 9.72. The maximum absolute atomic E-state index is 11.9. The summed E-state index contributed by atoms with van der Waals surface area (Å²) in [5.41, 5.74) is 1.12. The average molecular weight is 483 g/mol. The standard InChI is InChI=1S/C28H42O3Si2/c1-27(2,3)33(6,7)31-23-15-21-28(29,32(4,5)26-18-12-9-13-19-26)20-14-22-30-24-25-16-10-8-11-17-25/h8-13,16-19,29H,15,21-24H2,1-7H3. The molecule has 3 nitrogen and oxygen atoms in total. The van der Waals surface area contributed by atoms with Crippen molar-refractivity contribution in [2.45, 2.75) is 76.7 Å². The Labute approximate surface area is 203 Å². The number of ether oxygens (including phenoxy) is 1. The molecule has 0 aromatic heterocycles. The van der Waals surface area contributed by atoms with E-state index in [0.29, 0.717) is 26.2 Å². The summed E-state index contributed by atoms with van der Waals surface area (Å²) in [5.74, 6) is 6.38. The van der Waals surface area contributed by atoms with Crippen molar-refractivity contribution in [1.82, 2.24) is 0 Å². The third kappa shape index (κ3) is 7.66. The first-order valence-corrected chi connectivity index (χ1v) is 17.8. The summed E-state index contributed by atoms with van der Waals surface area (Å²) in [6, 6.07) is 20.4. The van der Waals surface area contributed by atoms with Gasteiger partial charge in [0.2, 0.25) is 0 Å². The predicted molar refractivity (Wildman–Crippen MR) is 145 cm³/mol. The summed E-state index contributed by atoms with van der Waals surface area (Å²) in [4.78, 5) is 0. The zero-order valence-electron chi connectivity index (χ0n) is 21.6. The van der Waals surface area contributed by atoms with Gasteiger partial charge in [-0.1, -0.05) is 112 Å². The molecule has 1 unspecified atom stereocenters. The second kappa shape index (κ2) is 11.6. The van der Waals surface area contributed by atoms with Crippen LogP contribution >= 0.6 is 0 Å². The van der Waals surface area contributed by atoms with Crippen molar-refractivity contribution in [3.63, 3.8) is 0 Å². The van der Waals surface area contributed by atoms with Crippen LogP contribution in [0.2, 0.25) is 31.2 Å². The zero-order chi connectivity index (χ0) is 24.6. The Morgan fingerprint density at radius 1 is 0.879 bits per heavy atom. The highest BCUT2D eigenvalue weighted by Crippen LogP contribution is 2.37. The van der Waals surface area contributed by atoms with Crippen LogP contribution in [0.1, 0.15) is 39.2 Å². The molecule has 0 amide bonds. The maximum Gasteiger partial charge on any atom is 0.191 e. The van der Waals surface area contributed by atoms with Gasteiger partial charge in [-0.15, -0.1) is 0 Å². The Balaban J connectivity index is 2.10. The Hall–Kier alpha value is -1.69. The van der Waals surface area contributed by atoms with E-state index in [1.54, 1.807) is 0 Å². The highest BCUT2D eigenvalue weighted by atomic mass is 28.4. The third-order valence-electron chi connectivity index (χ3n) is 7.06.